The van der Waals surface area contributed by atoms with E-state index in [-0.39, 0.29) is 5.97 Å². The highest BCUT2D eigenvalue weighted by atomic mass is 16.5. The number of carbonyl (C=O) groups excluding carboxylic acids is 1. The van der Waals surface area contributed by atoms with Gasteiger partial charge in [0, 0.05) is 12.8 Å². The summed E-state index contributed by atoms with van der Waals surface area (Å²) >= 11 is 0. The summed E-state index contributed by atoms with van der Waals surface area (Å²) in [6.45, 7) is 4.51. The van der Waals surface area contributed by atoms with Gasteiger partial charge in [0.1, 0.15) is 0 Å². The minimum absolute atomic E-state index is 0.0686. The summed E-state index contributed by atoms with van der Waals surface area (Å²) in [7, 11) is 1.46. The van der Waals surface area contributed by atoms with Gasteiger partial charge in [-0.3, -0.25) is 9.59 Å². The first-order valence-corrected chi connectivity index (χ1v) is 14.4. The zero-order chi connectivity index (χ0) is 24.8. The summed E-state index contributed by atoms with van der Waals surface area (Å²) in [4.78, 5) is 21.1. The molecule has 4 nitrogen and oxygen atoms in total. The molecule has 0 aliphatic rings. The van der Waals surface area contributed by atoms with E-state index in [1.807, 2.05) is 0 Å². The fourth-order valence-corrected chi connectivity index (χ4v) is 3.98. The van der Waals surface area contributed by atoms with Crippen LogP contribution in [0.3, 0.4) is 0 Å². The molecule has 1 N–H and O–H groups in total. The molecule has 33 heavy (non-hydrogen) atoms. The molecule has 0 aromatic heterocycles. The average Bonchev–Trinajstić information content (AvgIpc) is 2.81. The molecular formula is C29H58O4. The molecule has 0 heterocycles. The van der Waals surface area contributed by atoms with Crippen molar-refractivity contribution in [2.24, 2.45) is 0 Å². The lowest BCUT2D eigenvalue weighted by Gasteiger charge is -2.02. The summed E-state index contributed by atoms with van der Waals surface area (Å²) < 4.78 is 4.60. The molecule has 198 valence electrons. The summed E-state index contributed by atoms with van der Waals surface area (Å²) in [6.07, 6.45) is 29.4. The minimum atomic E-state index is -0.657. The van der Waals surface area contributed by atoms with Gasteiger partial charge in [0.15, 0.2) is 0 Å². The van der Waals surface area contributed by atoms with E-state index in [1.165, 1.54) is 129 Å². The summed E-state index contributed by atoms with van der Waals surface area (Å²) in [5.74, 6) is -0.725. The smallest absolute Gasteiger partial charge is 0.305 e. The number of methoxy groups -OCH3 is 1. The van der Waals surface area contributed by atoms with Crippen LogP contribution < -0.4 is 0 Å². The molecule has 0 fully saturated rings. The molecule has 0 rings (SSSR count). The fourth-order valence-electron chi connectivity index (χ4n) is 3.98. The van der Waals surface area contributed by atoms with Crippen molar-refractivity contribution in [2.45, 2.75) is 168 Å². The van der Waals surface area contributed by atoms with Crippen molar-refractivity contribution in [2.75, 3.05) is 7.11 Å². The quantitative estimate of drug-likeness (QED) is 0.113. The maximum atomic E-state index is 10.8. The molecule has 0 bridgehead atoms. The van der Waals surface area contributed by atoms with E-state index in [9.17, 15) is 9.59 Å². The van der Waals surface area contributed by atoms with E-state index < -0.39 is 5.97 Å². The lowest BCUT2D eigenvalue weighted by molar-refractivity contribution is -0.141. The SMILES string of the molecule is CCCCCCCCCCCCCC(=O)O.CCCCCCCCCCCCCC(=O)OC. The number of hydrogen-bond donors (Lipinski definition) is 1. The summed E-state index contributed by atoms with van der Waals surface area (Å²) in [5.41, 5.74) is 0. The van der Waals surface area contributed by atoms with Crippen molar-refractivity contribution in [3.63, 3.8) is 0 Å². The first-order valence-electron chi connectivity index (χ1n) is 14.4. The van der Waals surface area contributed by atoms with Crippen LogP contribution in [0.25, 0.3) is 0 Å². The Hall–Kier alpha value is -1.06. The molecule has 0 aliphatic carbocycles. The van der Waals surface area contributed by atoms with E-state index in [1.54, 1.807) is 0 Å². The van der Waals surface area contributed by atoms with Gasteiger partial charge in [0.05, 0.1) is 7.11 Å². The largest absolute Gasteiger partial charge is 0.481 e. The van der Waals surface area contributed by atoms with Crippen LogP contribution in [-0.4, -0.2) is 24.2 Å². The third kappa shape index (κ3) is 35.7. The Kier molecular flexibility index (Phi) is 32.0. The van der Waals surface area contributed by atoms with Gasteiger partial charge in [-0.25, -0.2) is 0 Å². The number of carboxylic acids is 1. The molecule has 0 saturated heterocycles. The molecule has 0 radical (unpaired) electrons. The van der Waals surface area contributed by atoms with Crippen LogP contribution in [0.1, 0.15) is 168 Å². The Balaban J connectivity index is 0. The molecule has 0 aliphatic heterocycles. The molecule has 0 saturated carbocycles. The molecule has 0 aromatic rings. The second-order valence-corrected chi connectivity index (χ2v) is 9.54. The average molecular weight is 471 g/mol. The van der Waals surface area contributed by atoms with E-state index in [0.717, 1.165) is 19.3 Å². The molecule has 4 heteroatoms. The number of aliphatic carboxylic acids is 1. The van der Waals surface area contributed by atoms with E-state index >= 15 is 0 Å². The Bertz CT molecular complexity index is 395. The van der Waals surface area contributed by atoms with Crippen LogP contribution in [0, 0.1) is 0 Å². The Morgan fingerprint density at radius 2 is 0.758 bits per heavy atom. The lowest BCUT2D eigenvalue weighted by Crippen LogP contribution is -1.99. The highest BCUT2D eigenvalue weighted by Crippen LogP contribution is 2.13. The molecular weight excluding hydrogens is 412 g/mol. The first kappa shape index (κ1) is 34.1. The van der Waals surface area contributed by atoms with Crippen molar-refractivity contribution in [3.8, 4) is 0 Å². The minimum Gasteiger partial charge on any atom is -0.481 e. The number of unbranched alkanes of at least 4 members (excludes halogenated alkanes) is 20. The number of ether oxygens (including phenoxy) is 1. The first-order chi connectivity index (χ1) is 16.1. The van der Waals surface area contributed by atoms with Crippen LogP contribution in [0.15, 0.2) is 0 Å². The van der Waals surface area contributed by atoms with Crippen molar-refractivity contribution in [1.29, 1.82) is 0 Å². The number of esters is 1. The number of carboxylic acid groups (broad SMARTS) is 1. The Morgan fingerprint density at radius 1 is 0.485 bits per heavy atom. The fraction of sp³-hybridized carbons (Fsp3) is 0.931. The van der Waals surface area contributed by atoms with Crippen molar-refractivity contribution in [3.05, 3.63) is 0 Å². The zero-order valence-corrected chi connectivity index (χ0v) is 22.6. The van der Waals surface area contributed by atoms with Gasteiger partial charge in [-0.15, -0.1) is 0 Å². The normalized spacial score (nSPS) is 10.5. The van der Waals surface area contributed by atoms with Crippen molar-refractivity contribution >= 4 is 11.9 Å². The summed E-state index contributed by atoms with van der Waals surface area (Å²) in [6, 6.07) is 0. The van der Waals surface area contributed by atoms with E-state index in [4.69, 9.17) is 5.11 Å². The van der Waals surface area contributed by atoms with Crippen LogP contribution >= 0.6 is 0 Å². The van der Waals surface area contributed by atoms with Gasteiger partial charge in [-0.1, -0.05) is 142 Å². The predicted molar refractivity (Wildman–Crippen MR) is 142 cm³/mol. The lowest BCUT2D eigenvalue weighted by atomic mass is 10.1. The highest BCUT2D eigenvalue weighted by Gasteiger charge is 1.99. The third-order valence-corrected chi connectivity index (χ3v) is 6.21. The number of carbonyl (C=O) groups is 2. The zero-order valence-electron chi connectivity index (χ0n) is 22.6. The maximum absolute atomic E-state index is 10.8. The second kappa shape index (κ2) is 30.9. The molecule has 0 atom stereocenters. The number of rotatable bonds is 24. The van der Waals surface area contributed by atoms with Gasteiger partial charge in [0.25, 0.3) is 0 Å². The standard InChI is InChI=1S/C15H30O2.C14H28O2/c1-3-4-5-6-7-8-9-10-11-12-13-14-15(16)17-2;1-2-3-4-5-6-7-8-9-10-11-12-13-14(15)16/h3-14H2,1-2H3;2-13H2,1H3,(H,15,16). The third-order valence-electron chi connectivity index (χ3n) is 6.21. The van der Waals surface area contributed by atoms with Gasteiger partial charge in [-0.2, -0.15) is 0 Å². The molecule has 0 amide bonds. The van der Waals surface area contributed by atoms with Crippen LogP contribution in [0.4, 0.5) is 0 Å². The predicted octanol–water partition coefficient (Wildman–Crippen LogP) is 9.63. The van der Waals surface area contributed by atoms with E-state index in [2.05, 4.69) is 18.6 Å². The van der Waals surface area contributed by atoms with Gasteiger partial charge < -0.3 is 9.84 Å². The van der Waals surface area contributed by atoms with Gasteiger partial charge >= 0.3 is 11.9 Å². The van der Waals surface area contributed by atoms with Crippen molar-refractivity contribution < 1.29 is 19.4 Å². The Morgan fingerprint density at radius 3 is 1.03 bits per heavy atom. The monoisotopic (exact) mass is 470 g/mol. The van der Waals surface area contributed by atoms with Crippen LogP contribution in [-0.2, 0) is 14.3 Å². The van der Waals surface area contributed by atoms with Crippen LogP contribution in [0.5, 0.6) is 0 Å². The highest BCUT2D eigenvalue weighted by molar-refractivity contribution is 5.69. The number of hydrogen-bond acceptors (Lipinski definition) is 3. The topological polar surface area (TPSA) is 63.6 Å². The molecule has 0 unspecified atom stereocenters. The van der Waals surface area contributed by atoms with Crippen LogP contribution in [0.2, 0.25) is 0 Å². The summed E-state index contributed by atoms with van der Waals surface area (Å²) in [5, 5.41) is 8.46. The molecule has 0 aromatic carbocycles. The van der Waals surface area contributed by atoms with Gasteiger partial charge in [-0.05, 0) is 12.8 Å². The van der Waals surface area contributed by atoms with E-state index in [0.29, 0.717) is 12.8 Å². The van der Waals surface area contributed by atoms with Gasteiger partial charge in [0.2, 0.25) is 0 Å². The molecule has 0 spiro atoms. The van der Waals surface area contributed by atoms with Crippen molar-refractivity contribution in [1.82, 2.24) is 0 Å². The second-order valence-electron chi connectivity index (χ2n) is 9.54. The maximum Gasteiger partial charge on any atom is 0.305 e. The Labute approximate surface area is 206 Å².